The van der Waals surface area contributed by atoms with Crippen LogP contribution in [0, 0.1) is 6.92 Å². The average molecular weight is 399 g/mol. The minimum absolute atomic E-state index is 0.149. The van der Waals surface area contributed by atoms with Crippen molar-refractivity contribution in [3.63, 3.8) is 0 Å². The highest BCUT2D eigenvalue weighted by Crippen LogP contribution is 2.27. The summed E-state index contributed by atoms with van der Waals surface area (Å²) in [5.41, 5.74) is 1.56. The van der Waals surface area contributed by atoms with Gasteiger partial charge in [0.1, 0.15) is 11.3 Å². The molecule has 2 aromatic carbocycles. The number of anilines is 1. The lowest BCUT2D eigenvalue weighted by atomic mass is 10.1. The second-order valence-corrected chi connectivity index (χ2v) is 6.72. The maximum absolute atomic E-state index is 12.9. The predicted octanol–water partition coefficient (Wildman–Crippen LogP) is 4.10. The van der Waals surface area contributed by atoms with Crippen molar-refractivity contribution in [3.8, 4) is 5.75 Å². The number of carbonyl (C=O) groups is 3. The number of amides is 4. The summed E-state index contributed by atoms with van der Waals surface area (Å²) in [6, 6.07) is 11.0. The van der Waals surface area contributed by atoms with Crippen LogP contribution in [0.4, 0.5) is 10.5 Å². The minimum atomic E-state index is -0.813. The molecule has 0 bridgehead atoms. The van der Waals surface area contributed by atoms with E-state index in [4.69, 9.17) is 16.3 Å². The Morgan fingerprint density at radius 1 is 1.14 bits per heavy atom. The van der Waals surface area contributed by atoms with Gasteiger partial charge in [-0.1, -0.05) is 36.7 Å². The van der Waals surface area contributed by atoms with Gasteiger partial charge in [0.05, 0.1) is 12.3 Å². The zero-order chi connectivity index (χ0) is 20.3. The average Bonchev–Trinajstić information content (AvgIpc) is 2.66. The Balaban J connectivity index is 1.95. The van der Waals surface area contributed by atoms with Crippen LogP contribution in [0.25, 0.3) is 6.08 Å². The van der Waals surface area contributed by atoms with Gasteiger partial charge < -0.3 is 4.74 Å². The van der Waals surface area contributed by atoms with E-state index in [9.17, 15) is 14.4 Å². The summed E-state index contributed by atoms with van der Waals surface area (Å²) in [6.07, 6.45) is 2.30. The lowest BCUT2D eigenvalue weighted by Crippen LogP contribution is -2.54. The number of ether oxygens (including phenoxy) is 1. The fourth-order valence-corrected chi connectivity index (χ4v) is 2.87. The Labute approximate surface area is 167 Å². The first-order valence-corrected chi connectivity index (χ1v) is 9.19. The number of aryl methyl sites for hydroxylation is 1. The third-order valence-electron chi connectivity index (χ3n) is 4.16. The van der Waals surface area contributed by atoms with Gasteiger partial charge in [-0.3, -0.25) is 14.9 Å². The molecule has 2 aromatic rings. The molecule has 0 unspecified atom stereocenters. The maximum Gasteiger partial charge on any atom is 0.335 e. The molecule has 0 atom stereocenters. The van der Waals surface area contributed by atoms with Crippen LogP contribution in [0.5, 0.6) is 5.75 Å². The van der Waals surface area contributed by atoms with Crippen LogP contribution in [0.1, 0.15) is 24.5 Å². The molecule has 28 heavy (non-hydrogen) atoms. The Kier molecular flexibility index (Phi) is 5.80. The van der Waals surface area contributed by atoms with Crippen LogP contribution < -0.4 is 15.0 Å². The zero-order valence-corrected chi connectivity index (χ0v) is 16.2. The van der Waals surface area contributed by atoms with E-state index in [1.54, 1.807) is 36.4 Å². The lowest BCUT2D eigenvalue weighted by molar-refractivity contribution is -0.122. The molecule has 0 saturated carbocycles. The number of barbiturate groups is 1. The van der Waals surface area contributed by atoms with Gasteiger partial charge in [0.25, 0.3) is 11.8 Å². The molecule has 6 nitrogen and oxygen atoms in total. The first kappa shape index (κ1) is 19.6. The summed E-state index contributed by atoms with van der Waals surface area (Å²) < 4.78 is 5.58. The highest BCUT2D eigenvalue weighted by Gasteiger charge is 2.36. The monoisotopic (exact) mass is 398 g/mol. The van der Waals surface area contributed by atoms with Crippen molar-refractivity contribution in [2.75, 3.05) is 11.5 Å². The van der Waals surface area contributed by atoms with Crippen LogP contribution in [0.15, 0.2) is 48.0 Å². The molecule has 1 N–H and O–H groups in total. The van der Waals surface area contributed by atoms with Crippen molar-refractivity contribution in [2.24, 2.45) is 0 Å². The molecule has 1 fully saturated rings. The van der Waals surface area contributed by atoms with Crippen LogP contribution in [0.3, 0.4) is 0 Å². The molecule has 1 heterocycles. The predicted molar refractivity (Wildman–Crippen MR) is 107 cm³/mol. The Bertz CT molecular complexity index is 984. The van der Waals surface area contributed by atoms with Crippen molar-refractivity contribution in [1.82, 2.24) is 5.32 Å². The molecule has 0 aliphatic carbocycles. The molecule has 7 heteroatoms. The van der Waals surface area contributed by atoms with E-state index in [1.807, 2.05) is 13.8 Å². The van der Waals surface area contributed by atoms with E-state index < -0.39 is 17.8 Å². The molecular formula is C21H19ClN2O4. The number of nitrogens with one attached hydrogen (secondary N) is 1. The van der Waals surface area contributed by atoms with Crippen LogP contribution in [-0.2, 0) is 9.59 Å². The quantitative estimate of drug-likeness (QED) is 0.607. The number of rotatable bonds is 5. The van der Waals surface area contributed by atoms with E-state index in [1.165, 1.54) is 12.1 Å². The number of halogens is 1. The summed E-state index contributed by atoms with van der Waals surface area (Å²) in [6.45, 7) is 4.38. The molecule has 4 amide bonds. The first-order chi connectivity index (χ1) is 13.4. The Morgan fingerprint density at radius 3 is 2.64 bits per heavy atom. The SMILES string of the molecule is CCCOc1cccc(/C=C2/C(=O)NC(=O)N(c3ccc(C)c(Cl)c3)C2=O)c1. The van der Waals surface area contributed by atoms with E-state index in [0.717, 1.165) is 16.9 Å². The van der Waals surface area contributed by atoms with Gasteiger partial charge in [-0.15, -0.1) is 0 Å². The molecule has 1 saturated heterocycles. The fourth-order valence-electron chi connectivity index (χ4n) is 2.69. The number of benzene rings is 2. The maximum atomic E-state index is 12.9. The molecule has 144 valence electrons. The van der Waals surface area contributed by atoms with E-state index >= 15 is 0 Å². The number of hydrogen-bond acceptors (Lipinski definition) is 4. The smallest absolute Gasteiger partial charge is 0.335 e. The molecular weight excluding hydrogens is 380 g/mol. The van der Waals surface area contributed by atoms with Gasteiger partial charge in [-0.25, -0.2) is 9.69 Å². The first-order valence-electron chi connectivity index (χ1n) is 8.81. The second-order valence-electron chi connectivity index (χ2n) is 6.31. The Hall–Kier alpha value is -3.12. The summed E-state index contributed by atoms with van der Waals surface area (Å²) in [4.78, 5) is 38.3. The zero-order valence-electron chi connectivity index (χ0n) is 15.5. The van der Waals surface area contributed by atoms with Crippen LogP contribution in [-0.4, -0.2) is 24.5 Å². The number of carbonyl (C=O) groups excluding carboxylic acids is 3. The molecule has 0 spiro atoms. The highest BCUT2D eigenvalue weighted by atomic mass is 35.5. The second kappa shape index (κ2) is 8.27. The van der Waals surface area contributed by atoms with Crippen LogP contribution in [0.2, 0.25) is 5.02 Å². The molecule has 0 radical (unpaired) electrons. The van der Waals surface area contributed by atoms with E-state index in [2.05, 4.69) is 5.32 Å². The molecule has 1 aliphatic rings. The summed E-state index contributed by atoms with van der Waals surface area (Å²) in [5.74, 6) is -0.823. The molecule has 3 rings (SSSR count). The van der Waals surface area contributed by atoms with Gasteiger partial charge in [0.15, 0.2) is 0 Å². The number of imide groups is 2. The topological polar surface area (TPSA) is 75.7 Å². The van der Waals surface area contributed by atoms with Crippen molar-refractivity contribution in [3.05, 3.63) is 64.2 Å². The normalized spacial score (nSPS) is 15.8. The highest BCUT2D eigenvalue weighted by molar-refractivity contribution is 6.39. The van der Waals surface area contributed by atoms with Crippen molar-refractivity contribution in [2.45, 2.75) is 20.3 Å². The Morgan fingerprint density at radius 2 is 1.93 bits per heavy atom. The van der Waals surface area contributed by atoms with Gasteiger partial charge in [-0.2, -0.15) is 0 Å². The number of urea groups is 1. The van der Waals surface area contributed by atoms with Crippen molar-refractivity contribution in [1.29, 1.82) is 0 Å². The fraction of sp³-hybridized carbons (Fsp3) is 0.190. The van der Waals surface area contributed by atoms with Crippen LogP contribution >= 0.6 is 11.6 Å². The number of hydrogen-bond donors (Lipinski definition) is 1. The molecule has 1 aliphatic heterocycles. The summed E-state index contributed by atoms with van der Waals surface area (Å²) in [5, 5.41) is 2.61. The standard InChI is InChI=1S/C21H19ClN2O4/c1-3-9-28-16-6-4-5-14(10-16)11-17-19(25)23-21(27)24(20(17)26)15-8-7-13(2)18(22)12-15/h4-8,10-12H,3,9H2,1-2H3,(H,23,25,27)/b17-11-. The van der Waals surface area contributed by atoms with Gasteiger partial charge in [-0.05, 0) is 54.8 Å². The van der Waals surface area contributed by atoms with Gasteiger partial charge in [0, 0.05) is 5.02 Å². The lowest BCUT2D eigenvalue weighted by Gasteiger charge is -2.26. The summed E-state index contributed by atoms with van der Waals surface area (Å²) >= 11 is 6.12. The summed E-state index contributed by atoms with van der Waals surface area (Å²) in [7, 11) is 0. The van der Waals surface area contributed by atoms with Gasteiger partial charge in [0.2, 0.25) is 0 Å². The molecule has 0 aromatic heterocycles. The third-order valence-corrected chi connectivity index (χ3v) is 4.56. The number of nitrogens with zero attached hydrogens (tertiary/aromatic N) is 1. The van der Waals surface area contributed by atoms with E-state index in [-0.39, 0.29) is 11.3 Å². The third kappa shape index (κ3) is 4.07. The van der Waals surface area contributed by atoms with Crippen molar-refractivity contribution < 1.29 is 19.1 Å². The van der Waals surface area contributed by atoms with E-state index in [0.29, 0.717) is 22.9 Å². The largest absolute Gasteiger partial charge is 0.494 e. The minimum Gasteiger partial charge on any atom is -0.494 e. The van der Waals surface area contributed by atoms with Gasteiger partial charge >= 0.3 is 6.03 Å². The van der Waals surface area contributed by atoms with Crippen molar-refractivity contribution >= 4 is 41.2 Å².